The van der Waals surface area contributed by atoms with Crippen molar-refractivity contribution < 1.29 is 4.39 Å². The molecule has 0 unspecified atom stereocenters. The van der Waals surface area contributed by atoms with Crippen LogP contribution in [0.4, 0.5) is 4.39 Å². The van der Waals surface area contributed by atoms with Crippen molar-refractivity contribution in [2.45, 2.75) is 45.8 Å². The summed E-state index contributed by atoms with van der Waals surface area (Å²) in [5.74, 6) is 0.721. The Morgan fingerprint density at radius 3 is 2.15 bits per heavy atom. The van der Waals surface area contributed by atoms with Crippen LogP contribution in [0.5, 0.6) is 0 Å². The van der Waals surface area contributed by atoms with Crippen molar-refractivity contribution >= 4 is 0 Å². The molecule has 0 N–H and O–H groups in total. The molecule has 1 nitrogen and oxygen atoms in total. The Labute approximate surface area is 80.3 Å². The van der Waals surface area contributed by atoms with Gasteiger partial charge in [-0.1, -0.05) is 13.8 Å². The second-order valence-electron chi connectivity index (χ2n) is 5.40. The molecule has 0 amide bonds. The molecule has 0 bridgehead atoms. The van der Waals surface area contributed by atoms with E-state index in [0.717, 1.165) is 31.8 Å². The van der Waals surface area contributed by atoms with Crippen LogP contribution in [0, 0.1) is 11.3 Å². The Hall–Kier alpha value is -0.110. The first-order chi connectivity index (χ1) is 6.02. The van der Waals surface area contributed by atoms with Gasteiger partial charge in [-0.15, -0.1) is 0 Å². The smallest absolute Gasteiger partial charge is 0.101 e. The molecule has 2 fully saturated rings. The third-order valence-corrected chi connectivity index (χ3v) is 3.93. The van der Waals surface area contributed by atoms with Crippen LogP contribution in [0.1, 0.15) is 33.6 Å². The lowest BCUT2D eigenvalue weighted by molar-refractivity contribution is -0.122. The summed E-state index contributed by atoms with van der Waals surface area (Å²) in [6.07, 6.45) is 1.17. The van der Waals surface area contributed by atoms with Crippen molar-refractivity contribution in [2.75, 3.05) is 13.1 Å². The molecule has 0 aromatic carbocycles. The van der Waals surface area contributed by atoms with Gasteiger partial charge in [0.1, 0.15) is 6.17 Å². The Bertz CT molecular complexity index is 188. The van der Waals surface area contributed by atoms with Gasteiger partial charge in [0.2, 0.25) is 0 Å². The van der Waals surface area contributed by atoms with Crippen LogP contribution >= 0.6 is 0 Å². The van der Waals surface area contributed by atoms with E-state index in [1.807, 2.05) is 0 Å². The van der Waals surface area contributed by atoms with Gasteiger partial charge in [0, 0.05) is 24.5 Å². The van der Waals surface area contributed by atoms with Gasteiger partial charge in [-0.3, -0.25) is 4.90 Å². The molecule has 2 aliphatic rings. The highest BCUT2D eigenvalue weighted by Gasteiger charge is 2.53. The number of alkyl halides is 1. The molecular formula is C11H20FN. The van der Waals surface area contributed by atoms with Crippen molar-refractivity contribution in [3.05, 3.63) is 0 Å². The maximum absolute atomic E-state index is 12.7. The van der Waals surface area contributed by atoms with E-state index in [4.69, 9.17) is 0 Å². The maximum atomic E-state index is 12.7. The van der Waals surface area contributed by atoms with Crippen LogP contribution in [-0.4, -0.2) is 30.2 Å². The zero-order valence-corrected chi connectivity index (χ0v) is 8.89. The monoisotopic (exact) mass is 185 g/mol. The summed E-state index contributed by atoms with van der Waals surface area (Å²) in [5, 5.41) is 0. The first-order valence-electron chi connectivity index (χ1n) is 5.40. The molecule has 2 heteroatoms. The molecule has 1 saturated carbocycles. The zero-order chi connectivity index (χ0) is 9.64. The summed E-state index contributed by atoms with van der Waals surface area (Å²) in [4.78, 5) is 2.50. The molecule has 1 aliphatic carbocycles. The van der Waals surface area contributed by atoms with Gasteiger partial charge in [0.25, 0.3) is 0 Å². The summed E-state index contributed by atoms with van der Waals surface area (Å²) in [7, 11) is 0. The number of halogens is 1. The van der Waals surface area contributed by atoms with Crippen LogP contribution in [0.3, 0.4) is 0 Å². The summed E-state index contributed by atoms with van der Waals surface area (Å²) in [6.45, 7) is 9.09. The predicted molar refractivity (Wildman–Crippen MR) is 52.4 cm³/mol. The molecule has 0 aromatic rings. The minimum atomic E-state index is -0.489. The lowest BCUT2D eigenvalue weighted by Crippen LogP contribution is -2.65. The van der Waals surface area contributed by atoms with Gasteiger partial charge < -0.3 is 0 Å². The van der Waals surface area contributed by atoms with Crippen molar-refractivity contribution in [1.82, 2.24) is 4.90 Å². The Morgan fingerprint density at radius 2 is 1.77 bits per heavy atom. The fourth-order valence-electron chi connectivity index (χ4n) is 2.66. The summed E-state index contributed by atoms with van der Waals surface area (Å²) in [5.41, 5.74) is 0.405. The standard InChI is InChI=1S/C11H20FN/c1-8(2)9(3)13-6-11(7-13)4-10(12)5-11/h8-10H,4-7H2,1-3H3/t9-/m0/s1. The highest BCUT2D eigenvalue weighted by molar-refractivity contribution is 5.05. The summed E-state index contributed by atoms with van der Waals surface area (Å²) in [6, 6.07) is 0.671. The number of rotatable bonds is 2. The first kappa shape index (κ1) is 9.45. The highest BCUT2D eigenvalue weighted by Crippen LogP contribution is 2.50. The van der Waals surface area contributed by atoms with Crippen LogP contribution in [-0.2, 0) is 0 Å². The van der Waals surface area contributed by atoms with Crippen molar-refractivity contribution in [1.29, 1.82) is 0 Å². The van der Waals surface area contributed by atoms with Gasteiger partial charge in [0.15, 0.2) is 0 Å². The average Bonchev–Trinajstić information content (AvgIpc) is 1.92. The number of hydrogen-bond donors (Lipinski definition) is 0. The van der Waals surface area contributed by atoms with Crippen LogP contribution < -0.4 is 0 Å². The number of nitrogens with zero attached hydrogens (tertiary/aromatic N) is 1. The molecule has 13 heavy (non-hydrogen) atoms. The fraction of sp³-hybridized carbons (Fsp3) is 1.00. The largest absolute Gasteiger partial charge is 0.299 e. The lowest BCUT2D eigenvalue weighted by atomic mass is 9.62. The van der Waals surface area contributed by atoms with Gasteiger partial charge >= 0.3 is 0 Å². The van der Waals surface area contributed by atoms with Gasteiger partial charge in [0.05, 0.1) is 0 Å². The van der Waals surface area contributed by atoms with Crippen LogP contribution in [0.25, 0.3) is 0 Å². The number of likely N-dealkylation sites (tertiary alicyclic amines) is 1. The molecular weight excluding hydrogens is 165 g/mol. The Morgan fingerprint density at radius 1 is 1.23 bits per heavy atom. The first-order valence-corrected chi connectivity index (χ1v) is 5.40. The van der Waals surface area contributed by atoms with Crippen molar-refractivity contribution in [3.63, 3.8) is 0 Å². The maximum Gasteiger partial charge on any atom is 0.101 e. The van der Waals surface area contributed by atoms with E-state index in [-0.39, 0.29) is 0 Å². The molecule has 1 spiro atoms. The topological polar surface area (TPSA) is 3.24 Å². The fourth-order valence-corrected chi connectivity index (χ4v) is 2.66. The third-order valence-electron chi connectivity index (χ3n) is 3.93. The molecule has 2 rings (SSSR count). The zero-order valence-electron chi connectivity index (χ0n) is 8.89. The van der Waals surface area contributed by atoms with E-state index in [0.29, 0.717) is 11.5 Å². The minimum absolute atomic E-state index is 0.405. The SMILES string of the molecule is CC(C)[C@H](C)N1CC2(CC(F)C2)C1. The minimum Gasteiger partial charge on any atom is -0.299 e. The third kappa shape index (κ3) is 1.50. The van der Waals surface area contributed by atoms with E-state index in [2.05, 4.69) is 25.7 Å². The predicted octanol–water partition coefficient (Wildman–Crippen LogP) is 2.46. The Kier molecular flexibility index (Phi) is 2.14. The van der Waals surface area contributed by atoms with Crippen LogP contribution in [0.2, 0.25) is 0 Å². The van der Waals surface area contributed by atoms with Crippen molar-refractivity contribution in [3.8, 4) is 0 Å². The summed E-state index contributed by atoms with van der Waals surface area (Å²) >= 11 is 0. The molecule has 1 heterocycles. The second kappa shape index (κ2) is 2.94. The molecule has 1 atom stereocenters. The molecule has 0 aromatic heterocycles. The average molecular weight is 185 g/mol. The molecule has 1 aliphatic heterocycles. The van der Waals surface area contributed by atoms with Crippen LogP contribution in [0.15, 0.2) is 0 Å². The van der Waals surface area contributed by atoms with Gasteiger partial charge in [-0.2, -0.15) is 0 Å². The van der Waals surface area contributed by atoms with E-state index >= 15 is 0 Å². The quantitative estimate of drug-likeness (QED) is 0.639. The van der Waals surface area contributed by atoms with Gasteiger partial charge in [-0.05, 0) is 25.7 Å². The van der Waals surface area contributed by atoms with Gasteiger partial charge in [-0.25, -0.2) is 4.39 Å². The normalized spacial score (nSPS) is 30.2. The lowest BCUT2D eigenvalue weighted by Gasteiger charge is -2.59. The van der Waals surface area contributed by atoms with E-state index in [1.54, 1.807) is 0 Å². The van der Waals surface area contributed by atoms with Crippen molar-refractivity contribution in [2.24, 2.45) is 11.3 Å². The molecule has 0 radical (unpaired) electrons. The molecule has 76 valence electrons. The molecule has 1 saturated heterocycles. The highest BCUT2D eigenvalue weighted by atomic mass is 19.1. The van der Waals surface area contributed by atoms with E-state index < -0.39 is 6.17 Å². The second-order valence-corrected chi connectivity index (χ2v) is 5.40. The van der Waals surface area contributed by atoms with E-state index in [9.17, 15) is 4.39 Å². The summed E-state index contributed by atoms with van der Waals surface area (Å²) < 4.78 is 12.7. The van der Waals surface area contributed by atoms with E-state index in [1.165, 1.54) is 0 Å². The number of hydrogen-bond acceptors (Lipinski definition) is 1. The Balaban J connectivity index is 1.78.